The van der Waals surface area contributed by atoms with Crippen LogP contribution in [-0.2, 0) is 4.74 Å². The van der Waals surface area contributed by atoms with Crippen molar-refractivity contribution in [2.24, 2.45) is 11.8 Å². The quantitative estimate of drug-likeness (QED) is 0.617. The van der Waals surface area contributed by atoms with E-state index in [9.17, 15) is 9.90 Å². The standard InChI is InChI=1S/C16H25IN2O3S/c1-10(2)8-13(22-16(21)19(4)5)15-18-12(9-23-15)14(20)11(3)6-7-17/h6-7,9-11,13-14,20H,8H2,1-5H3/b7-6+/t11-,13-,14-/m0/s1. The minimum Gasteiger partial charge on any atom is -0.439 e. The van der Waals surface area contributed by atoms with Crippen LogP contribution >= 0.6 is 33.9 Å². The summed E-state index contributed by atoms with van der Waals surface area (Å²) >= 11 is 3.56. The molecule has 0 saturated heterocycles. The van der Waals surface area contributed by atoms with E-state index in [2.05, 4.69) is 41.4 Å². The number of hydrogen-bond acceptors (Lipinski definition) is 5. The maximum absolute atomic E-state index is 11.9. The van der Waals surface area contributed by atoms with Crippen LogP contribution < -0.4 is 0 Å². The van der Waals surface area contributed by atoms with Crippen molar-refractivity contribution in [3.05, 3.63) is 26.2 Å². The summed E-state index contributed by atoms with van der Waals surface area (Å²) in [4.78, 5) is 17.8. The van der Waals surface area contributed by atoms with Gasteiger partial charge in [-0.15, -0.1) is 11.3 Å². The number of aromatic nitrogens is 1. The van der Waals surface area contributed by atoms with Crippen LogP contribution in [0.15, 0.2) is 15.5 Å². The third-order valence-corrected chi connectivity index (χ3v) is 4.66. The van der Waals surface area contributed by atoms with Crippen molar-refractivity contribution in [2.45, 2.75) is 39.4 Å². The maximum Gasteiger partial charge on any atom is 0.409 e. The molecule has 3 atom stereocenters. The lowest BCUT2D eigenvalue weighted by molar-refractivity contribution is 0.0632. The Labute approximate surface area is 155 Å². The molecule has 0 fully saturated rings. The number of rotatable bonds is 7. The zero-order valence-corrected chi connectivity index (χ0v) is 17.2. The minimum absolute atomic E-state index is 0.0188. The number of thiazole rings is 1. The molecule has 0 aliphatic heterocycles. The number of ether oxygens (including phenoxy) is 1. The Morgan fingerprint density at radius 1 is 1.48 bits per heavy atom. The Balaban J connectivity index is 2.93. The van der Waals surface area contributed by atoms with Crippen LogP contribution in [0.2, 0.25) is 0 Å². The number of carbonyl (C=O) groups is 1. The van der Waals surface area contributed by atoms with Crippen molar-refractivity contribution in [1.29, 1.82) is 0 Å². The molecular weight excluding hydrogens is 427 g/mol. The normalized spacial score (nSPS) is 15.7. The summed E-state index contributed by atoms with van der Waals surface area (Å²) in [5.74, 6) is 0.350. The molecule has 0 spiro atoms. The fourth-order valence-electron chi connectivity index (χ4n) is 1.93. The Kier molecular flexibility index (Phi) is 8.49. The van der Waals surface area contributed by atoms with Crippen LogP contribution in [0.25, 0.3) is 0 Å². The zero-order chi connectivity index (χ0) is 17.6. The van der Waals surface area contributed by atoms with E-state index in [1.54, 1.807) is 14.1 Å². The van der Waals surface area contributed by atoms with Gasteiger partial charge in [-0.05, 0) is 16.4 Å². The second-order valence-corrected chi connectivity index (χ2v) is 7.74. The van der Waals surface area contributed by atoms with Gasteiger partial charge in [0.25, 0.3) is 0 Å². The minimum atomic E-state index is -0.657. The smallest absolute Gasteiger partial charge is 0.409 e. The molecular formula is C16H25IN2O3S. The molecule has 1 aromatic rings. The second kappa shape index (κ2) is 9.58. The molecule has 0 radical (unpaired) electrons. The molecule has 130 valence electrons. The van der Waals surface area contributed by atoms with Gasteiger partial charge in [0.1, 0.15) is 11.1 Å². The summed E-state index contributed by atoms with van der Waals surface area (Å²) in [7, 11) is 3.31. The summed E-state index contributed by atoms with van der Waals surface area (Å²) in [6, 6.07) is 0. The van der Waals surface area contributed by atoms with Gasteiger partial charge in [-0.25, -0.2) is 9.78 Å². The highest BCUT2D eigenvalue weighted by atomic mass is 127. The van der Waals surface area contributed by atoms with E-state index in [0.29, 0.717) is 18.0 Å². The van der Waals surface area contributed by atoms with E-state index in [1.165, 1.54) is 16.2 Å². The van der Waals surface area contributed by atoms with E-state index in [0.717, 1.165) is 5.01 Å². The molecule has 0 aromatic carbocycles. The van der Waals surface area contributed by atoms with E-state index in [1.807, 2.05) is 22.5 Å². The van der Waals surface area contributed by atoms with E-state index >= 15 is 0 Å². The topological polar surface area (TPSA) is 62.7 Å². The maximum atomic E-state index is 11.9. The van der Waals surface area contributed by atoms with Gasteiger partial charge < -0.3 is 14.7 Å². The van der Waals surface area contributed by atoms with Gasteiger partial charge in [-0.3, -0.25) is 0 Å². The Bertz CT molecular complexity index is 531. The SMILES string of the molecule is CC(C)C[C@H](OC(=O)N(C)C)c1nc([C@@H](O)[C@@H](C)/C=C/I)cs1. The number of halogens is 1. The summed E-state index contributed by atoms with van der Waals surface area (Å²) in [6.45, 7) is 6.09. The van der Waals surface area contributed by atoms with Crippen molar-refractivity contribution in [3.63, 3.8) is 0 Å². The first-order chi connectivity index (χ1) is 10.8. The van der Waals surface area contributed by atoms with Crippen molar-refractivity contribution in [1.82, 2.24) is 9.88 Å². The number of hydrogen-bond donors (Lipinski definition) is 1. The lowest BCUT2D eigenvalue weighted by atomic mass is 10.0. The summed E-state index contributed by atoms with van der Waals surface area (Å²) in [6.07, 6.45) is 1.21. The molecule has 1 heterocycles. The van der Waals surface area contributed by atoms with Gasteiger partial charge in [0.2, 0.25) is 0 Å². The van der Waals surface area contributed by atoms with Crippen LogP contribution in [0, 0.1) is 11.8 Å². The molecule has 0 saturated carbocycles. The average molecular weight is 452 g/mol. The molecule has 1 N–H and O–H groups in total. The molecule has 7 heteroatoms. The first-order valence-electron chi connectivity index (χ1n) is 7.54. The van der Waals surface area contributed by atoms with Gasteiger partial charge in [-0.1, -0.05) is 49.4 Å². The Hall–Kier alpha value is -0.670. The third kappa shape index (κ3) is 6.39. The largest absolute Gasteiger partial charge is 0.439 e. The second-order valence-electron chi connectivity index (χ2n) is 6.13. The van der Waals surface area contributed by atoms with Crippen molar-refractivity contribution < 1.29 is 14.6 Å². The van der Waals surface area contributed by atoms with Gasteiger partial charge >= 0.3 is 6.09 Å². The van der Waals surface area contributed by atoms with Crippen LogP contribution in [-0.4, -0.2) is 35.2 Å². The highest BCUT2D eigenvalue weighted by molar-refractivity contribution is 14.1. The van der Waals surface area contributed by atoms with Crippen LogP contribution in [0.5, 0.6) is 0 Å². The van der Waals surface area contributed by atoms with Gasteiger partial charge in [0, 0.05) is 25.4 Å². The van der Waals surface area contributed by atoms with Crippen molar-refractivity contribution >= 4 is 40.0 Å². The number of aliphatic hydroxyl groups excluding tert-OH is 1. The molecule has 1 aromatic heterocycles. The van der Waals surface area contributed by atoms with Crippen molar-refractivity contribution in [3.8, 4) is 0 Å². The lowest BCUT2D eigenvalue weighted by Crippen LogP contribution is -2.25. The molecule has 23 heavy (non-hydrogen) atoms. The first-order valence-corrected chi connectivity index (χ1v) is 9.67. The lowest BCUT2D eigenvalue weighted by Gasteiger charge is -2.20. The Morgan fingerprint density at radius 2 is 2.13 bits per heavy atom. The predicted molar refractivity (Wildman–Crippen MR) is 102 cm³/mol. The molecule has 0 aliphatic rings. The zero-order valence-electron chi connectivity index (χ0n) is 14.2. The predicted octanol–water partition coefficient (Wildman–Crippen LogP) is 4.55. The molecule has 0 bridgehead atoms. The fraction of sp³-hybridized carbons (Fsp3) is 0.625. The molecule has 1 rings (SSSR count). The van der Waals surface area contributed by atoms with Crippen molar-refractivity contribution in [2.75, 3.05) is 14.1 Å². The Morgan fingerprint density at radius 3 is 2.65 bits per heavy atom. The van der Waals surface area contributed by atoms with Gasteiger partial charge in [0.15, 0.2) is 6.10 Å². The number of nitrogens with zero attached hydrogens (tertiary/aromatic N) is 2. The monoisotopic (exact) mass is 452 g/mol. The van der Waals surface area contributed by atoms with Crippen LogP contribution in [0.4, 0.5) is 4.79 Å². The fourth-order valence-corrected chi connectivity index (χ4v) is 3.47. The average Bonchev–Trinajstić information content (AvgIpc) is 2.95. The molecule has 0 aliphatic carbocycles. The van der Waals surface area contributed by atoms with E-state index in [4.69, 9.17) is 4.74 Å². The summed E-state index contributed by atoms with van der Waals surface area (Å²) in [5.41, 5.74) is 0.627. The molecule has 5 nitrogen and oxygen atoms in total. The molecule has 1 amide bonds. The summed E-state index contributed by atoms with van der Waals surface area (Å²) in [5, 5.41) is 12.9. The van der Waals surface area contributed by atoms with Gasteiger partial charge in [0.05, 0.1) is 5.69 Å². The number of carbonyl (C=O) groups excluding carboxylic acids is 1. The van der Waals surface area contributed by atoms with Crippen LogP contribution in [0.3, 0.4) is 0 Å². The number of amides is 1. The highest BCUT2D eigenvalue weighted by Gasteiger charge is 2.25. The van der Waals surface area contributed by atoms with E-state index in [-0.39, 0.29) is 18.1 Å². The van der Waals surface area contributed by atoms with Crippen LogP contribution in [0.1, 0.15) is 50.1 Å². The highest BCUT2D eigenvalue weighted by Crippen LogP contribution is 2.32. The summed E-state index contributed by atoms with van der Waals surface area (Å²) < 4.78 is 7.44. The first kappa shape index (κ1) is 20.4. The third-order valence-electron chi connectivity index (χ3n) is 3.29. The molecule has 0 unspecified atom stereocenters. The number of aliphatic hydroxyl groups is 1. The van der Waals surface area contributed by atoms with Gasteiger partial charge in [-0.2, -0.15) is 0 Å². The van der Waals surface area contributed by atoms with E-state index < -0.39 is 6.10 Å².